The molecule has 1 N–H and O–H groups in total. The first-order valence-electron chi connectivity index (χ1n) is 17.5. The number of benzene rings is 2. The Morgan fingerprint density at radius 3 is 2.07 bits per heavy atom. The molecule has 0 atom stereocenters. The predicted molar refractivity (Wildman–Crippen MR) is 193 cm³/mol. The maximum absolute atomic E-state index is 12.0. The monoisotopic (exact) mass is 670 g/mol. The van der Waals surface area contributed by atoms with E-state index < -0.39 is 5.97 Å². The maximum Gasteiger partial charge on any atom is 0.335 e. The van der Waals surface area contributed by atoms with Gasteiger partial charge in [0, 0.05) is 42.6 Å². The number of carboxylic acid groups (broad SMARTS) is 1. The average Bonchev–Trinajstić information content (AvgIpc) is 3.26. The second kappa shape index (κ2) is 16.1. The molecule has 2 aromatic carbocycles. The van der Waals surface area contributed by atoms with Crippen LogP contribution in [0.3, 0.4) is 0 Å². The summed E-state index contributed by atoms with van der Waals surface area (Å²) in [7, 11) is 0. The van der Waals surface area contributed by atoms with Gasteiger partial charge in [-0.25, -0.2) is 4.79 Å². The van der Waals surface area contributed by atoms with E-state index in [-0.39, 0.29) is 24.8 Å². The first-order chi connectivity index (χ1) is 21.7. The molecule has 252 valence electrons. The summed E-state index contributed by atoms with van der Waals surface area (Å²) in [6.07, 6.45) is 14.2. The molecule has 3 aromatic rings. The van der Waals surface area contributed by atoms with Crippen LogP contribution in [-0.2, 0) is 6.54 Å². The topological polar surface area (TPSA) is 61.2 Å². The Kier molecular flexibility index (Phi) is 12.2. The number of para-hydroxylation sites is 1. The number of halogens is 2. The van der Waals surface area contributed by atoms with E-state index in [0.29, 0.717) is 18.1 Å². The van der Waals surface area contributed by atoms with Crippen LogP contribution < -0.4 is 9.64 Å². The van der Waals surface area contributed by atoms with Gasteiger partial charge in [-0.3, -0.25) is 0 Å². The molecule has 1 aromatic heterocycles. The molecule has 9 heteroatoms. The molecule has 0 bridgehead atoms. The van der Waals surface area contributed by atoms with E-state index in [0.717, 1.165) is 44.0 Å². The lowest BCUT2D eigenvalue weighted by molar-refractivity contribution is 0.0697. The van der Waals surface area contributed by atoms with E-state index in [1.807, 2.05) is 6.07 Å². The third-order valence-corrected chi connectivity index (χ3v) is 10.8. The largest absolute Gasteiger partial charge is 0.489 e. The summed E-state index contributed by atoms with van der Waals surface area (Å²) in [4.78, 5) is 19.9. The smallest absolute Gasteiger partial charge is 0.335 e. The minimum absolute atomic E-state index is 0. The molecule has 4 heterocycles. The molecule has 46 heavy (non-hydrogen) atoms. The number of hydrogen-bond donors (Lipinski definition) is 1. The zero-order valence-corrected chi connectivity index (χ0v) is 28.9. The van der Waals surface area contributed by atoms with Crippen molar-refractivity contribution in [2.75, 3.05) is 63.9 Å². The van der Waals surface area contributed by atoms with Crippen molar-refractivity contribution in [3.8, 4) is 17.0 Å². The second-order valence-electron chi connectivity index (χ2n) is 13.6. The van der Waals surface area contributed by atoms with Crippen molar-refractivity contribution in [3.63, 3.8) is 0 Å². The van der Waals surface area contributed by atoms with Gasteiger partial charge >= 0.3 is 5.97 Å². The van der Waals surface area contributed by atoms with Gasteiger partial charge in [-0.2, -0.15) is 0 Å². The van der Waals surface area contributed by atoms with Crippen LogP contribution in [0, 0.1) is 0 Å². The van der Waals surface area contributed by atoms with Crippen LogP contribution in [0.5, 0.6) is 5.75 Å². The molecule has 2 saturated heterocycles. The van der Waals surface area contributed by atoms with E-state index in [2.05, 4.69) is 43.5 Å². The lowest BCUT2D eigenvalue weighted by atomic mass is 9.81. The number of carbonyl (C=O) groups is 1. The maximum atomic E-state index is 12.0. The van der Waals surface area contributed by atoms with Crippen molar-refractivity contribution in [1.82, 2.24) is 14.4 Å². The highest BCUT2D eigenvalue weighted by Gasteiger charge is 2.31. The van der Waals surface area contributed by atoms with Crippen molar-refractivity contribution in [2.24, 2.45) is 0 Å². The summed E-state index contributed by atoms with van der Waals surface area (Å²) < 4.78 is 9.13. The number of likely N-dealkylation sites (tertiary alicyclic amines) is 2. The van der Waals surface area contributed by atoms with Crippen LogP contribution in [0.4, 0.5) is 5.69 Å². The van der Waals surface area contributed by atoms with Crippen LogP contribution >= 0.6 is 24.8 Å². The number of hydrogen-bond acceptors (Lipinski definition) is 5. The van der Waals surface area contributed by atoms with Crippen molar-refractivity contribution >= 4 is 47.4 Å². The highest BCUT2D eigenvalue weighted by molar-refractivity contribution is 5.99. The van der Waals surface area contributed by atoms with E-state index in [4.69, 9.17) is 4.74 Å². The summed E-state index contributed by atoms with van der Waals surface area (Å²) in [5, 5.41) is 11.1. The van der Waals surface area contributed by atoms with E-state index in [1.54, 1.807) is 6.07 Å². The first kappa shape index (κ1) is 34.9. The fourth-order valence-electron chi connectivity index (χ4n) is 8.43. The van der Waals surface area contributed by atoms with Gasteiger partial charge in [-0.1, -0.05) is 44.2 Å². The Bertz CT molecular complexity index is 1440. The molecule has 1 aliphatic carbocycles. The Morgan fingerprint density at radius 1 is 0.804 bits per heavy atom. The molecule has 3 aliphatic heterocycles. The number of aromatic nitrogens is 1. The fourth-order valence-corrected chi connectivity index (χ4v) is 8.43. The lowest BCUT2D eigenvalue weighted by Gasteiger charge is -2.34. The van der Waals surface area contributed by atoms with E-state index in [1.165, 1.54) is 125 Å². The summed E-state index contributed by atoms with van der Waals surface area (Å²) in [6, 6.07) is 12.5. The van der Waals surface area contributed by atoms with Gasteiger partial charge in [-0.15, -0.1) is 24.8 Å². The third kappa shape index (κ3) is 7.33. The zero-order chi connectivity index (χ0) is 29.9. The van der Waals surface area contributed by atoms with Crippen molar-refractivity contribution in [3.05, 3.63) is 47.5 Å². The van der Waals surface area contributed by atoms with Gasteiger partial charge in [0.2, 0.25) is 0 Å². The molecule has 7 rings (SSSR count). The number of rotatable bonds is 9. The van der Waals surface area contributed by atoms with Crippen LogP contribution in [0.1, 0.15) is 92.5 Å². The van der Waals surface area contributed by atoms with Crippen molar-refractivity contribution in [2.45, 2.75) is 83.1 Å². The summed E-state index contributed by atoms with van der Waals surface area (Å²) in [5.41, 5.74) is 6.46. The highest BCUT2D eigenvalue weighted by Crippen LogP contribution is 2.49. The van der Waals surface area contributed by atoms with Gasteiger partial charge < -0.3 is 29.1 Å². The number of carboxylic acids is 1. The third-order valence-electron chi connectivity index (χ3n) is 10.8. The van der Waals surface area contributed by atoms with Gasteiger partial charge in [0.1, 0.15) is 6.61 Å². The van der Waals surface area contributed by atoms with Gasteiger partial charge in [0.25, 0.3) is 0 Å². The Hall–Kier alpha value is -2.45. The van der Waals surface area contributed by atoms with Crippen LogP contribution in [0.25, 0.3) is 22.2 Å². The molecule has 1 saturated carbocycles. The SMILES string of the molecule is Cl.Cl.O=C(O)c1ccc2c(C3CCCCC3)c3n(c2c1)CCOc1c-3cccc1N(CCN1CCCCC1)CCN1CCCCC1. The van der Waals surface area contributed by atoms with Gasteiger partial charge in [0.05, 0.1) is 23.5 Å². The number of ether oxygens (including phenoxy) is 1. The fraction of sp³-hybridized carbons (Fsp3) is 0.595. The zero-order valence-electron chi connectivity index (χ0n) is 27.3. The molecule has 0 unspecified atom stereocenters. The number of aromatic carboxylic acids is 1. The number of nitrogens with zero attached hydrogens (tertiary/aromatic N) is 4. The predicted octanol–water partition coefficient (Wildman–Crippen LogP) is 8.07. The quantitative estimate of drug-likeness (QED) is 0.248. The summed E-state index contributed by atoms with van der Waals surface area (Å²) >= 11 is 0. The second-order valence-corrected chi connectivity index (χ2v) is 13.6. The average molecular weight is 672 g/mol. The molecular formula is C37H52Cl2N4O3. The van der Waals surface area contributed by atoms with E-state index >= 15 is 0 Å². The molecule has 3 fully saturated rings. The number of fused-ring (bicyclic) bond motifs is 5. The van der Waals surface area contributed by atoms with Crippen molar-refractivity contribution < 1.29 is 14.6 Å². The normalized spacial score (nSPS) is 19.2. The molecule has 0 spiro atoms. The van der Waals surface area contributed by atoms with Gasteiger partial charge in [0.15, 0.2) is 5.75 Å². The van der Waals surface area contributed by atoms with Gasteiger partial charge in [-0.05, 0) is 100 Å². The minimum Gasteiger partial charge on any atom is -0.489 e. The Morgan fingerprint density at radius 2 is 1.43 bits per heavy atom. The van der Waals surface area contributed by atoms with Crippen LogP contribution in [0.15, 0.2) is 36.4 Å². The molecule has 7 nitrogen and oxygen atoms in total. The lowest BCUT2D eigenvalue weighted by Crippen LogP contribution is -2.42. The Labute approximate surface area is 287 Å². The minimum atomic E-state index is -0.868. The summed E-state index contributed by atoms with van der Waals surface area (Å²) in [6.45, 7) is 10.4. The summed E-state index contributed by atoms with van der Waals surface area (Å²) in [5.74, 6) is 0.635. The highest BCUT2D eigenvalue weighted by atomic mass is 35.5. The van der Waals surface area contributed by atoms with Crippen LogP contribution in [-0.4, -0.2) is 84.4 Å². The standard InChI is InChI=1S/C37H50N4O3.2ClH/c42-37(43)29-15-16-30-33(27-29)41-25-26-44-36-31(35(41)34(30)28-11-4-1-5-12-28)13-10-14-32(36)40(23-21-38-17-6-2-7-18-38)24-22-39-19-8-3-9-20-39;;/h10,13-16,27-28H,1-9,11-12,17-26H2,(H,42,43);2*1H. The first-order valence-corrected chi connectivity index (χ1v) is 17.5. The van der Waals surface area contributed by atoms with Crippen molar-refractivity contribution in [1.29, 1.82) is 0 Å². The van der Waals surface area contributed by atoms with Crippen LogP contribution in [0.2, 0.25) is 0 Å². The number of piperidine rings is 2. The molecule has 4 aliphatic rings. The molecule has 0 amide bonds. The molecule has 0 radical (unpaired) electrons. The number of anilines is 1. The Balaban J connectivity index is 0.00000208. The molecular weight excluding hydrogens is 619 g/mol. The van der Waals surface area contributed by atoms with E-state index in [9.17, 15) is 9.90 Å².